The van der Waals surface area contributed by atoms with E-state index in [1.807, 2.05) is 44.3 Å². The zero-order valence-corrected chi connectivity index (χ0v) is 20.7. The van der Waals surface area contributed by atoms with Gasteiger partial charge in [0.1, 0.15) is 5.69 Å². The van der Waals surface area contributed by atoms with Gasteiger partial charge >= 0.3 is 0 Å². The lowest BCUT2D eigenvalue weighted by Crippen LogP contribution is -2.29. The van der Waals surface area contributed by atoms with Gasteiger partial charge < -0.3 is 20.7 Å². The highest BCUT2D eigenvalue weighted by atomic mass is 32.2. The quantitative estimate of drug-likeness (QED) is 0.231. The second-order valence-electron chi connectivity index (χ2n) is 7.74. The minimum Gasteiger partial charge on any atom is -0.347 e. The number of thiazole rings is 1. The van der Waals surface area contributed by atoms with Crippen LogP contribution in [0.2, 0.25) is 0 Å². The maximum Gasteiger partial charge on any atom is 0.268 e. The molecule has 0 radical (unpaired) electrons. The minimum absolute atomic E-state index is 0.0647. The van der Waals surface area contributed by atoms with Gasteiger partial charge in [-0.15, -0.1) is 11.3 Å². The SMILES string of the molecule is C=C/C=C\C(CNC(=O)c1c(C=N)c2sc(SCc3ccccc3)nc2n1C)=C1\C=NNC1C. The molecule has 1 unspecified atom stereocenters. The van der Waals surface area contributed by atoms with Crippen LogP contribution in [0.1, 0.15) is 28.5 Å². The van der Waals surface area contributed by atoms with Crippen LogP contribution < -0.4 is 10.7 Å². The largest absolute Gasteiger partial charge is 0.347 e. The van der Waals surface area contributed by atoms with E-state index in [4.69, 9.17) is 10.4 Å². The number of nitrogens with one attached hydrogen (secondary N) is 3. The Morgan fingerprint density at radius 1 is 1.38 bits per heavy atom. The summed E-state index contributed by atoms with van der Waals surface area (Å²) in [6.07, 6.45) is 8.49. The predicted octanol–water partition coefficient (Wildman–Crippen LogP) is 4.67. The van der Waals surface area contributed by atoms with E-state index in [2.05, 4.69) is 34.6 Å². The van der Waals surface area contributed by atoms with Gasteiger partial charge in [0.05, 0.1) is 17.0 Å². The van der Waals surface area contributed by atoms with Gasteiger partial charge in [0.2, 0.25) is 0 Å². The smallest absolute Gasteiger partial charge is 0.268 e. The number of rotatable bonds is 9. The van der Waals surface area contributed by atoms with Gasteiger partial charge in [-0.25, -0.2) is 4.98 Å². The summed E-state index contributed by atoms with van der Waals surface area (Å²) in [4.78, 5) is 18.0. The molecule has 0 spiro atoms. The summed E-state index contributed by atoms with van der Waals surface area (Å²) in [6.45, 7) is 6.08. The van der Waals surface area contributed by atoms with Crippen molar-refractivity contribution in [3.63, 3.8) is 0 Å². The zero-order valence-electron chi connectivity index (χ0n) is 19.0. The number of carbonyl (C=O) groups is 1. The van der Waals surface area contributed by atoms with Crippen LogP contribution in [0, 0.1) is 5.41 Å². The molecule has 174 valence electrons. The number of aromatic nitrogens is 2. The lowest BCUT2D eigenvalue weighted by Gasteiger charge is -2.12. The van der Waals surface area contributed by atoms with Crippen molar-refractivity contribution < 1.29 is 4.79 Å². The van der Waals surface area contributed by atoms with E-state index in [1.165, 1.54) is 23.1 Å². The molecule has 0 saturated carbocycles. The van der Waals surface area contributed by atoms with Crippen molar-refractivity contribution in [3.05, 3.63) is 83.1 Å². The van der Waals surface area contributed by atoms with Crippen LogP contribution >= 0.6 is 23.1 Å². The van der Waals surface area contributed by atoms with Crippen LogP contribution in [-0.2, 0) is 12.8 Å². The number of hydrogen-bond acceptors (Lipinski definition) is 7. The Kier molecular flexibility index (Phi) is 7.44. The third-order valence-electron chi connectivity index (χ3n) is 5.49. The summed E-state index contributed by atoms with van der Waals surface area (Å²) >= 11 is 3.18. The van der Waals surface area contributed by atoms with Gasteiger partial charge in [0, 0.05) is 36.7 Å². The molecular weight excluding hydrogens is 464 g/mol. The van der Waals surface area contributed by atoms with Crippen molar-refractivity contribution >= 4 is 51.8 Å². The first-order valence-electron chi connectivity index (χ1n) is 10.8. The maximum atomic E-state index is 13.2. The summed E-state index contributed by atoms with van der Waals surface area (Å²) in [7, 11) is 1.82. The Labute approximate surface area is 206 Å². The first-order chi connectivity index (χ1) is 16.5. The van der Waals surface area contributed by atoms with E-state index < -0.39 is 0 Å². The zero-order chi connectivity index (χ0) is 24.1. The number of aryl methyl sites for hydroxylation is 1. The van der Waals surface area contributed by atoms with Gasteiger partial charge in [-0.05, 0) is 18.1 Å². The van der Waals surface area contributed by atoms with Gasteiger partial charge in [-0.2, -0.15) is 5.10 Å². The number of thioether (sulfide) groups is 1. The van der Waals surface area contributed by atoms with E-state index in [1.54, 1.807) is 28.6 Å². The summed E-state index contributed by atoms with van der Waals surface area (Å²) < 4.78 is 3.55. The lowest BCUT2D eigenvalue weighted by molar-refractivity contribution is 0.0949. The molecule has 0 saturated heterocycles. The number of hydrazone groups is 1. The van der Waals surface area contributed by atoms with Crippen molar-refractivity contribution in [1.29, 1.82) is 5.41 Å². The van der Waals surface area contributed by atoms with Gasteiger partial charge in [0.25, 0.3) is 5.91 Å². The Hall–Kier alpha value is -3.43. The number of allylic oxidation sites excluding steroid dienone is 2. The number of carbonyl (C=O) groups excluding carboxylic acids is 1. The second-order valence-corrected chi connectivity index (χ2v) is 9.96. The van der Waals surface area contributed by atoms with E-state index >= 15 is 0 Å². The molecule has 1 aromatic carbocycles. The molecule has 9 heteroatoms. The normalized spacial score (nSPS) is 16.7. The maximum absolute atomic E-state index is 13.2. The average Bonchev–Trinajstić information content (AvgIpc) is 3.53. The van der Waals surface area contributed by atoms with Crippen LogP contribution in [-0.4, -0.2) is 40.5 Å². The highest BCUT2D eigenvalue weighted by Gasteiger charge is 2.24. The second kappa shape index (κ2) is 10.7. The predicted molar refractivity (Wildman–Crippen MR) is 142 cm³/mol. The Balaban J connectivity index is 1.55. The third kappa shape index (κ3) is 4.90. The molecule has 1 amide bonds. The fourth-order valence-electron chi connectivity index (χ4n) is 3.74. The summed E-state index contributed by atoms with van der Waals surface area (Å²) in [5.74, 6) is 0.575. The van der Waals surface area contributed by atoms with Crippen LogP contribution in [0.5, 0.6) is 0 Å². The van der Waals surface area contributed by atoms with Crippen molar-refractivity contribution in [1.82, 2.24) is 20.3 Å². The van der Waals surface area contributed by atoms with Crippen molar-refractivity contribution in [3.8, 4) is 0 Å². The highest BCUT2D eigenvalue weighted by molar-refractivity contribution is 8.00. The number of hydrogen-bond donors (Lipinski definition) is 3. The van der Waals surface area contributed by atoms with Crippen LogP contribution in [0.3, 0.4) is 0 Å². The molecule has 1 atom stereocenters. The summed E-state index contributed by atoms with van der Waals surface area (Å²) in [5.41, 5.74) is 7.94. The third-order valence-corrected chi connectivity index (χ3v) is 7.78. The molecule has 7 nitrogen and oxygen atoms in total. The topological polar surface area (TPSA) is 95.2 Å². The van der Waals surface area contributed by atoms with Crippen molar-refractivity contribution in [2.24, 2.45) is 12.1 Å². The first kappa shape index (κ1) is 23.7. The molecule has 1 aliphatic rings. The lowest BCUT2D eigenvalue weighted by atomic mass is 10.0. The molecule has 2 aromatic heterocycles. The van der Waals surface area contributed by atoms with Crippen molar-refractivity contribution in [2.45, 2.75) is 23.1 Å². The first-order valence-corrected chi connectivity index (χ1v) is 12.6. The van der Waals surface area contributed by atoms with Crippen LogP contribution in [0.15, 0.2) is 75.7 Å². The van der Waals surface area contributed by atoms with E-state index in [9.17, 15) is 4.79 Å². The molecule has 0 aliphatic carbocycles. The number of benzene rings is 1. The van der Waals surface area contributed by atoms with Crippen LogP contribution in [0.4, 0.5) is 0 Å². The molecule has 1 aliphatic heterocycles. The van der Waals surface area contributed by atoms with Gasteiger partial charge in [0.15, 0.2) is 9.99 Å². The molecule has 4 rings (SSSR count). The highest BCUT2D eigenvalue weighted by Crippen LogP contribution is 2.35. The monoisotopic (exact) mass is 490 g/mol. The molecule has 3 aromatic rings. The minimum atomic E-state index is -0.245. The fourth-order valence-corrected chi connectivity index (χ4v) is 5.88. The fraction of sp³-hybridized carbons (Fsp3) is 0.200. The van der Waals surface area contributed by atoms with E-state index in [0.29, 0.717) is 17.8 Å². The van der Waals surface area contributed by atoms with Gasteiger partial charge in [-0.1, -0.05) is 66.9 Å². The van der Waals surface area contributed by atoms with Gasteiger partial charge in [-0.3, -0.25) is 4.79 Å². The molecule has 3 heterocycles. The average molecular weight is 491 g/mol. The number of nitrogens with zero attached hydrogens (tertiary/aromatic N) is 3. The summed E-state index contributed by atoms with van der Waals surface area (Å²) in [6, 6.07) is 10.3. The van der Waals surface area contributed by atoms with Crippen molar-refractivity contribution in [2.75, 3.05) is 6.54 Å². The number of amides is 1. The van der Waals surface area contributed by atoms with E-state index in [0.717, 1.165) is 31.6 Å². The number of fused-ring (bicyclic) bond motifs is 1. The molecule has 34 heavy (non-hydrogen) atoms. The Morgan fingerprint density at radius 3 is 2.85 bits per heavy atom. The molecule has 3 N–H and O–H groups in total. The molecule has 0 fully saturated rings. The van der Waals surface area contributed by atoms with E-state index in [-0.39, 0.29) is 11.9 Å². The molecular formula is C25H26N6OS2. The Bertz CT molecular complexity index is 1320. The summed E-state index contributed by atoms with van der Waals surface area (Å²) in [5, 5.41) is 15.1. The Morgan fingerprint density at radius 2 is 2.18 bits per heavy atom. The van der Waals surface area contributed by atoms with Crippen LogP contribution in [0.25, 0.3) is 10.3 Å². The standard InChI is InChI=1S/C25H26N6OS2/c1-4-5-11-18(20-14-28-30-16(20)2)13-27-24(32)21-19(12-26)22-23(31(21)3)29-25(34-22)33-15-17-9-7-6-8-10-17/h4-12,14,16,26,30H,1,13,15H2,2-3H3,(H,27,32)/b11-5-,20-18+,26-12?. The molecule has 0 bridgehead atoms.